The molecule has 3 rings (SSSR count). The van der Waals surface area contributed by atoms with Gasteiger partial charge in [-0.2, -0.15) is 0 Å². The smallest absolute Gasteiger partial charge is 0.328 e. The lowest BCUT2D eigenvalue weighted by molar-refractivity contribution is -0.141. The van der Waals surface area contributed by atoms with E-state index < -0.39 is 22.9 Å². The predicted octanol–water partition coefficient (Wildman–Crippen LogP) is 3.97. The maximum absolute atomic E-state index is 12.3. The third kappa shape index (κ3) is 5.75. The fourth-order valence-electron chi connectivity index (χ4n) is 3.07. The van der Waals surface area contributed by atoms with Crippen LogP contribution in [0.5, 0.6) is 5.75 Å². The number of halogens is 2. The van der Waals surface area contributed by atoms with Crippen molar-refractivity contribution in [3.05, 3.63) is 89.6 Å². The Morgan fingerprint density at radius 3 is 2.21 bits per heavy atom. The van der Waals surface area contributed by atoms with E-state index >= 15 is 0 Å². The van der Waals surface area contributed by atoms with E-state index in [9.17, 15) is 14.4 Å². The molecule has 1 atom stereocenters. The maximum Gasteiger partial charge on any atom is 0.328 e. The molecule has 0 saturated heterocycles. The number of nitrogens with one attached hydrogen (secondary N) is 1. The Bertz CT molecular complexity index is 1280. The molecule has 0 fully saturated rings. The van der Waals surface area contributed by atoms with E-state index in [1.54, 1.807) is 44.2 Å². The molecule has 33 heavy (non-hydrogen) atoms. The molecule has 0 bridgehead atoms. The zero-order chi connectivity index (χ0) is 24.1. The molecule has 1 unspecified atom stereocenters. The number of rotatable bonds is 7. The first-order valence-corrected chi connectivity index (χ1v) is 10.9. The van der Waals surface area contributed by atoms with E-state index in [0.717, 1.165) is 11.1 Å². The van der Waals surface area contributed by atoms with Gasteiger partial charge in [-0.1, -0.05) is 53.2 Å². The summed E-state index contributed by atoms with van der Waals surface area (Å²) in [6, 6.07) is 11.5. The van der Waals surface area contributed by atoms with Gasteiger partial charge in [-0.25, -0.2) is 4.79 Å². The van der Waals surface area contributed by atoms with Gasteiger partial charge in [0.1, 0.15) is 11.7 Å². The zero-order valence-corrected chi connectivity index (χ0v) is 19.7. The predicted molar refractivity (Wildman–Crippen MR) is 129 cm³/mol. The lowest BCUT2D eigenvalue weighted by Gasteiger charge is -2.21. The van der Waals surface area contributed by atoms with Crippen molar-refractivity contribution >= 4 is 34.9 Å². The average Bonchev–Trinajstić information content (AvgIpc) is 2.80. The summed E-state index contributed by atoms with van der Waals surface area (Å²) < 4.78 is 10.3. The van der Waals surface area contributed by atoms with Gasteiger partial charge in [0.15, 0.2) is 5.75 Å². The summed E-state index contributed by atoms with van der Waals surface area (Å²) in [5, 5.41) is 3.75. The first-order chi connectivity index (χ1) is 15.7. The number of hydrogen-bond donors (Lipinski definition) is 1. The summed E-state index contributed by atoms with van der Waals surface area (Å²) in [6.07, 6.45) is -0.0730. The van der Waals surface area contributed by atoms with E-state index in [2.05, 4.69) is 17.2 Å². The second-order valence-corrected chi connectivity index (χ2v) is 8.31. The molecule has 6 nitrogen and oxygen atoms in total. The van der Waals surface area contributed by atoms with E-state index in [1.165, 1.54) is 7.11 Å². The Morgan fingerprint density at radius 1 is 1.00 bits per heavy atom. The van der Waals surface area contributed by atoms with Crippen molar-refractivity contribution in [3.63, 3.8) is 0 Å². The monoisotopic (exact) mass is 485 g/mol. The summed E-state index contributed by atoms with van der Waals surface area (Å²) in [4.78, 5) is 36.1. The normalized spacial score (nSPS) is 11.6. The minimum Gasteiger partial charge on any atom is -0.485 e. The molecule has 0 spiro atoms. The molecule has 0 radical (unpaired) electrons. The number of carbonyl (C=O) groups is 1. The summed E-state index contributed by atoms with van der Waals surface area (Å²) in [5.74, 6) is 5.34. The number of anilines is 1. The Morgan fingerprint density at radius 2 is 1.64 bits per heavy atom. The number of carbonyl (C=O) groups excluding carboxylic acids is 1. The second kappa shape index (κ2) is 10.6. The van der Waals surface area contributed by atoms with Crippen LogP contribution in [-0.4, -0.2) is 25.2 Å². The number of ether oxygens (including phenoxy) is 2. The minimum absolute atomic E-state index is 0.0109. The van der Waals surface area contributed by atoms with Crippen molar-refractivity contribution in [2.75, 3.05) is 12.4 Å². The first kappa shape index (κ1) is 24.4. The topological polar surface area (TPSA) is 81.7 Å². The molecule has 3 aromatic rings. The summed E-state index contributed by atoms with van der Waals surface area (Å²) in [7, 11) is 1.25. The number of esters is 1. The average molecular weight is 486 g/mol. The van der Waals surface area contributed by atoms with Crippen LogP contribution in [0.2, 0.25) is 10.0 Å². The zero-order valence-electron chi connectivity index (χ0n) is 18.2. The maximum atomic E-state index is 12.3. The molecule has 0 aliphatic rings. The van der Waals surface area contributed by atoms with Crippen LogP contribution in [0.25, 0.3) is 0 Å². The summed E-state index contributed by atoms with van der Waals surface area (Å²) >= 11 is 12.3. The molecule has 0 heterocycles. The summed E-state index contributed by atoms with van der Waals surface area (Å²) in [6.45, 7) is 3.48. The third-order valence-corrected chi connectivity index (χ3v) is 5.34. The van der Waals surface area contributed by atoms with E-state index in [4.69, 9.17) is 32.7 Å². The summed E-state index contributed by atoms with van der Waals surface area (Å²) in [5.41, 5.74) is 0.631. The SMILES string of the molecule is COC(=O)C(Cc1ccc(C#Cc2c(Cl)cccc2Cl)cc1)Nc1c(OC(C)C)c(=O)c1=O. The third-order valence-electron chi connectivity index (χ3n) is 4.71. The highest BCUT2D eigenvalue weighted by Gasteiger charge is 2.29. The van der Waals surface area contributed by atoms with Crippen molar-refractivity contribution in [1.82, 2.24) is 0 Å². The lowest BCUT2D eigenvalue weighted by atomic mass is 10.0. The van der Waals surface area contributed by atoms with Gasteiger partial charge in [-0.05, 0) is 43.7 Å². The van der Waals surface area contributed by atoms with Gasteiger partial charge in [-0.15, -0.1) is 0 Å². The van der Waals surface area contributed by atoms with Crippen molar-refractivity contribution in [1.29, 1.82) is 0 Å². The van der Waals surface area contributed by atoms with Crippen molar-refractivity contribution < 1.29 is 14.3 Å². The van der Waals surface area contributed by atoms with Crippen molar-refractivity contribution in [2.24, 2.45) is 0 Å². The van der Waals surface area contributed by atoms with Crippen LogP contribution >= 0.6 is 23.2 Å². The number of methoxy groups -OCH3 is 1. The quantitative estimate of drug-likeness (QED) is 0.309. The number of hydrogen-bond acceptors (Lipinski definition) is 6. The van der Waals surface area contributed by atoms with Crippen molar-refractivity contribution in [2.45, 2.75) is 32.4 Å². The largest absolute Gasteiger partial charge is 0.485 e. The minimum atomic E-state index is -0.883. The van der Waals surface area contributed by atoms with E-state index in [0.29, 0.717) is 15.6 Å². The second-order valence-electron chi connectivity index (χ2n) is 7.50. The van der Waals surface area contributed by atoms with Gasteiger partial charge in [0.05, 0.1) is 28.8 Å². The standard InChI is InChI=1S/C25H21Cl2NO5/c1-14(2)33-24-21(22(29)23(24)30)28-20(25(31)32-3)13-16-9-7-15(8-10-16)11-12-17-18(26)5-4-6-19(17)27/h4-10,14,20,28H,13H2,1-3H3. The molecular weight excluding hydrogens is 465 g/mol. The molecule has 1 N–H and O–H groups in total. The van der Waals surface area contributed by atoms with Crippen LogP contribution in [-0.2, 0) is 16.0 Å². The van der Waals surface area contributed by atoms with E-state index in [1.807, 2.05) is 12.1 Å². The molecular formula is C25H21Cl2NO5. The van der Waals surface area contributed by atoms with Crippen molar-refractivity contribution in [3.8, 4) is 17.6 Å². The van der Waals surface area contributed by atoms with E-state index in [-0.39, 0.29) is 24.0 Å². The van der Waals surface area contributed by atoms with Gasteiger partial charge in [0.2, 0.25) is 0 Å². The first-order valence-electron chi connectivity index (χ1n) is 10.1. The lowest BCUT2D eigenvalue weighted by Crippen LogP contribution is -2.42. The highest BCUT2D eigenvalue weighted by molar-refractivity contribution is 6.36. The molecule has 0 aromatic heterocycles. The van der Waals surface area contributed by atoms with Gasteiger partial charge < -0.3 is 14.8 Å². The van der Waals surface area contributed by atoms with Gasteiger partial charge in [0.25, 0.3) is 10.9 Å². The Labute approximate surface area is 201 Å². The fourth-order valence-corrected chi connectivity index (χ4v) is 3.56. The fraction of sp³-hybridized carbons (Fsp3) is 0.240. The Kier molecular flexibility index (Phi) is 7.80. The van der Waals surface area contributed by atoms with Gasteiger partial charge >= 0.3 is 5.97 Å². The molecule has 0 saturated carbocycles. The molecule has 3 aromatic carbocycles. The van der Waals surface area contributed by atoms with Crippen LogP contribution in [0.3, 0.4) is 0 Å². The molecule has 170 valence electrons. The highest BCUT2D eigenvalue weighted by Crippen LogP contribution is 2.23. The molecule has 0 amide bonds. The molecule has 0 aliphatic heterocycles. The van der Waals surface area contributed by atoms with Crippen LogP contribution < -0.4 is 20.9 Å². The van der Waals surface area contributed by atoms with Gasteiger partial charge in [-0.3, -0.25) is 9.59 Å². The molecule has 8 heteroatoms. The van der Waals surface area contributed by atoms with Crippen LogP contribution in [0.1, 0.15) is 30.5 Å². The van der Waals surface area contributed by atoms with Crippen LogP contribution in [0, 0.1) is 11.8 Å². The highest BCUT2D eigenvalue weighted by atomic mass is 35.5. The molecule has 0 aliphatic carbocycles. The Hall–Kier alpha value is -3.27. The van der Waals surface area contributed by atoms with Gasteiger partial charge in [0, 0.05) is 12.0 Å². The van der Waals surface area contributed by atoms with Crippen LogP contribution in [0.4, 0.5) is 5.69 Å². The van der Waals surface area contributed by atoms with Crippen LogP contribution in [0.15, 0.2) is 52.1 Å². The number of benzene rings is 2. The Balaban J connectivity index is 1.77.